The first-order chi connectivity index (χ1) is 16.1. The second-order valence-corrected chi connectivity index (χ2v) is 9.80. The van der Waals surface area contributed by atoms with Crippen molar-refractivity contribution in [2.45, 2.75) is 6.42 Å². The Labute approximate surface area is 223 Å². The Bertz CT molecular complexity index is 869. The van der Waals surface area contributed by atoms with E-state index in [1.165, 1.54) is 22.3 Å². The molecule has 0 amide bonds. The maximum absolute atomic E-state index is 6.11. The third-order valence-electron chi connectivity index (χ3n) is 7.37. The molecule has 5 rings (SSSR count). The number of hydrogen-bond donors (Lipinski definition) is 0. The highest BCUT2D eigenvalue weighted by Crippen LogP contribution is 2.39. The van der Waals surface area contributed by atoms with Crippen LogP contribution < -0.4 is 9.47 Å². The summed E-state index contributed by atoms with van der Waals surface area (Å²) in [6.45, 7) is 12.7. The lowest BCUT2D eigenvalue weighted by Gasteiger charge is -2.32. The van der Waals surface area contributed by atoms with Crippen LogP contribution >= 0.6 is 24.8 Å². The van der Waals surface area contributed by atoms with Crippen LogP contribution in [-0.4, -0.2) is 112 Å². The van der Waals surface area contributed by atoms with Gasteiger partial charge in [-0.1, -0.05) is 12.1 Å². The van der Waals surface area contributed by atoms with Crippen molar-refractivity contribution in [1.82, 2.24) is 19.6 Å². The molecule has 0 bridgehead atoms. The van der Waals surface area contributed by atoms with Crippen molar-refractivity contribution in [1.29, 1.82) is 0 Å². The lowest BCUT2D eigenvalue weighted by Crippen LogP contribution is -2.45. The molecule has 2 fully saturated rings. The lowest BCUT2D eigenvalue weighted by molar-refractivity contribution is 0.133. The molecule has 35 heavy (non-hydrogen) atoms. The molecule has 1 aliphatic carbocycles. The van der Waals surface area contributed by atoms with E-state index in [-0.39, 0.29) is 24.8 Å². The lowest BCUT2D eigenvalue weighted by atomic mass is 10.1. The molecule has 2 aromatic carbocycles. The van der Waals surface area contributed by atoms with Gasteiger partial charge in [0, 0.05) is 65.4 Å². The minimum atomic E-state index is 0. The Balaban J connectivity index is 0.00000171. The van der Waals surface area contributed by atoms with E-state index in [1.807, 2.05) is 0 Å². The highest BCUT2D eigenvalue weighted by molar-refractivity contribution is 5.85. The minimum Gasteiger partial charge on any atom is -0.492 e. The molecule has 0 spiro atoms. The first-order valence-electron chi connectivity index (χ1n) is 12.5. The quantitative estimate of drug-likeness (QED) is 0.450. The van der Waals surface area contributed by atoms with Crippen molar-refractivity contribution < 1.29 is 9.47 Å². The molecule has 0 unspecified atom stereocenters. The predicted octanol–water partition coefficient (Wildman–Crippen LogP) is 3.35. The van der Waals surface area contributed by atoms with Crippen molar-refractivity contribution in [3.05, 3.63) is 47.5 Å². The summed E-state index contributed by atoms with van der Waals surface area (Å²) in [5, 5.41) is 0. The molecule has 194 valence electrons. The average Bonchev–Trinajstić information content (AvgIpc) is 3.18. The summed E-state index contributed by atoms with van der Waals surface area (Å²) >= 11 is 0. The molecular weight excluding hydrogens is 483 g/mol. The molecule has 8 heteroatoms. The summed E-state index contributed by atoms with van der Waals surface area (Å²) in [6.07, 6.45) is 0.954. The van der Waals surface area contributed by atoms with Gasteiger partial charge in [-0.15, -0.1) is 24.8 Å². The van der Waals surface area contributed by atoms with Crippen LogP contribution in [0.25, 0.3) is 11.1 Å². The molecule has 2 saturated heterocycles. The van der Waals surface area contributed by atoms with Crippen molar-refractivity contribution in [3.63, 3.8) is 0 Å². The monoisotopic (exact) mass is 522 g/mol. The summed E-state index contributed by atoms with van der Waals surface area (Å²) < 4.78 is 12.2. The SMILES string of the molecule is CN1CCN(CCOc2ccc3c(c2)Cc2cc(OCCN4CCN(C)CC4)ccc2-3)CC1.Cl.Cl. The molecule has 6 nitrogen and oxygen atoms in total. The smallest absolute Gasteiger partial charge is 0.119 e. The number of fused-ring (bicyclic) bond motifs is 3. The Hall–Kier alpha value is -1.54. The van der Waals surface area contributed by atoms with Gasteiger partial charge in [0.15, 0.2) is 0 Å². The van der Waals surface area contributed by atoms with Crippen molar-refractivity contribution in [2.24, 2.45) is 0 Å². The Morgan fingerprint density at radius 3 is 1.40 bits per heavy atom. The molecule has 2 heterocycles. The van der Waals surface area contributed by atoms with E-state index in [2.05, 4.69) is 70.1 Å². The van der Waals surface area contributed by atoms with Gasteiger partial charge in [-0.05, 0) is 67.0 Å². The van der Waals surface area contributed by atoms with Gasteiger partial charge in [-0.2, -0.15) is 0 Å². The summed E-state index contributed by atoms with van der Waals surface area (Å²) in [5.74, 6) is 1.97. The number of likely N-dealkylation sites (N-methyl/N-ethyl adjacent to an activating group) is 2. The largest absolute Gasteiger partial charge is 0.492 e. The van der Waals surface area contributed by atoms with Gasteiger partial charge in [-0.3, -0.25) is 9.80 Å². The molecule has 2 aliphatic heterocycles. The van der Waals surface area contributed by atoms with Crippen molar-refractivity contribution in [3.8, 4) is 22.6 Å². The van der Waals surface area contributed by atoms with Crippen LogP contribution in [0.3, 0.4) is 0 Å². The Morgan fingerprint density at radius 2 is 1.00 bits per heavy atom. The van der Waals surface area contributed by atoms with E-state index in [4.69, 9.17) is 9.47 Å². The summed E-state index contributed by atoms with van der Waals surface area (Å²) in [7, 11) is 4.39. The molecule has 3 aliphatic rings. The van der Waals surface area contributed by atoms with Gasteiger partial charge >= 0.3 is 0 Å². The van der Waals surface area contributed by atoms with Crippen LogP contribution in [0.1, 0.15) is 11.1 Å². The molecule has 0 aromatic heterocycles. The predicted molar refractivity (Wildman–Crippen MR) is 148 cm³/mol. The summed E-state index contributed by atoms with van der Waals surface area (Å²) in [6, 6.07) is 13.2. The van der Waals surface area contributed by atoms with Gasteiger partial charge in [0.25, 0.3) is 0 Å². The molecule has 0 saturated carbocycles. The highest BCUT2D eigenvalue weighted by Gasteiger charge is 2.20. The van der Waals surface area contributed by atoms with Gasteiger partial charge < -0.3 is 19.3 Å². The van der Waals surface area contributed by atoms with E-state index in [9.17, 15) is 0 Å². The zero-order chi connectivity index (χ0) is 22.6. The molecule has 2 aromatic rings. The second-order valence-electron chi connectivity index (χ2n) is 9.80. The number of rotatable bonds is 8. The minimum absolute atomic E-state index is 0. The molecular formula is C27H40Cl2N4O2. The van der Waals surface area contributed by atoms with E-state index < -0.39 is 0 Å². The Morgan fingerprint density at radius 1 is 0.600 bits per heavy atom. The molecule has 0 atom stereocenters. The molecule has 0 radical (unpaired) electrons. The maximum Gasteiger partial charge on any atom is 0.119 e. The first kappa shape index (κ1) is 28.0. The van der Waals surface area contributed by atoms with Gasteiger partial charge in [0.05, 0.1) is 0 Å². The van der Waals surface area contributed by atoms with Crippen molar-refractivity contribution >= 4 is 24.8 Å². The standard InChI is InChI=1S/C27H38N4O2.2ClH/c1-28-7-11-30(12-8-28)15-17-32-24-3-5-26-22(20-24)19-23-21-25(4-6-27(23)26)33-18-16-31-13-9-29(2)10-14-31;;/h3-6,20-21H,7-19H2,1-2H3;2*1H. The third kappa shape index (κ3) is 7.25. The normalized spacial score (nSPS) is 18.8. The Kier molecular flexibility index (Phi) is 10.5. The summed E-state index contributed by atoms with van der Waals surface area (Å²) in [5.41, 5.74) is 5.38. The number of nitrogens with zero attached hydrogens (tertiary/aromatic N) is 4. The van der Waals surface area contributed by atoms with E-state index in [0.717, 1.165) is 96.6 Å². The van der Waals surface area contributed by atoms with Crippen LogP contribution in [-0.2, 0) is 6.42 Å². The summed E-state index contributed by atoms with van der Waals surface area (Å²) in [4.78, 5) is 9.77. The zero-order valence-electron chi connectivity index (χ0n) is 21.1. The fourth-order valence-corrected chi connectivity index (χ4v) is 5.07. The van der Waals surface area contributed by atoms with Crippen molar-refractivity contribution in [2.75, 3.05) is 92.8 Å². The van der Waals surface area contributed by atoms with Crippen LogP contribution in [0.5, 0.6) is 11.5 Å². The van der Waals surface area contributed by atoms with Crippen LogP contribution in [0.2, 0.25) is 0 Å². The third-order valence-corrected chi connectivity index (χ3v) is 7.37. The zero-order valence-corrected chi connectivity index (χ0v) is 22.7. The topological polar surface area (TPSA) is 31.4 Å². The van der Waals surface area contributed by atoms with Gasteiger partial charge in [0.2, 0.25) is 0 Å². The van der Waals surface area contributed by atoms with E-state index in [0.29, 0.717) is 0 Å². The highest BCUT2D eigenvalue weighted by atomic mass is 35.5. The number of hydrogen-bond acceptors (Lipinski definition) is 6. The second kappa shape index (κ2) is 13.1. The number of ether oxygens (including phenoxy) is 2. The maximum atomic E-state index is 6.11. The van der Waals surface area contributed by atoms with E-state index in [1.54, 1.807) is 0 Å². The first-order valence-corrected chi connectivity index (χ1v) is 12.5. The van der Waals surface area contributed by atoms with Crippen LogP contribution in [0, 0.1) is 0 Å². The number of piperazine rings is 2. The van der Waals surface area contributed by atoms with Gasteiger partial charge in [0.1, 0.15) is 24.7 Å². The van der Waals surface area contributed by atoms with Crippen LogP contribution in [0.4, 0.5) is 0 Å². The molecule has 0 N–H and O–H groups in total. The fraction of sp³-hybridized carbons (Fsp3) is 0.556. The fourth-order valence-electron chi connectivity index (χ4n) is 5.07. The van der Waals surface area contributed by atoms with E-state index >= 15 is 0 Å². The average molecular weight is 524 g/mol. The number of halogens is 2. The van der Waals surface area contributed by atoms with Gasteiger partial charge in [-0.25, -0.2) is 0 Å². The number of benzene rings is 2. The van der Waals surface area contributed by atoms with Crippen LogP contribution in [0.15, 0.2) is 36.4 Å².